The highest BCUT2D eigenvalue weighted by Crippen LogP contribution is 2.37. The number of esters is 1. The van der Waals surface area contributed by atoms with E-state index in [4.69, 9.17) is 4.74 Å². The number of aromatic nitrogens is 3. The third kappa shape index (κ3) is 4.32. The van der Waals surface area contributed by atoms with Gasteiger partial charge in [-0.15, -0.1) is 0 Å². The largest absolute Gasteiger partial charge is 0.392 e. The third-order valence-electron chi connectivity index (χ3n) is 3.71. The fraction of sp³-hybridized carbons (Fsp3) is 0.250. The monoisotopic (exact) mass is 367 g/mol. The van der Waals surface area contributed by atoms with Gasteiger partial charge in [-0.05, 0) is 29.7 Å². The Balaban J connectivity index is 2.08. The van der Waals surface area contributed by atoms with Gasteiger partial charge in [0.05, 0.1) is 12.2 Å². The van der Waals surface area contributed by atoms with Gasteiger partial charge < -0.3 is 4.74 Å². The SMILES string of the molecule is CC(=O)Oc1nc(C(C)C)c(Sc2ccccc2)n1Cc1cccnc1. The summed E-state index contributed by atoms with van der Waals surface area (Å²) in [5.41, 5.74) is 1.93. The zero-order chi connectivity index (χ0) is 18.5. The minimum atomic E-state index is -0.381. The van der Waals surface area contributed by atoms with Crippen molar-refractivity contribution in [2.45, 2.75) is 43.2 Å². The van der Waals surface area contributed by atoms with E-state index in [-0.39, 0.29) is 11.9 Å². The molecule has 134 valence electrons. The molecular formula is C20H21N3O2S. The van der Waals surface area contributed by atoms with Crippen LogP contribution in [0.5, 0.6) is 6.01 Å². The molecule has 6 heteroatoms. The predicted molar refractivity (Wildman–Crippen MR) is 102 cm³/mol. The molecular weight excluding hydrogens is 346 g/mol. The van der Waals surface area contributed by atoms with Crippen LogP contribution in [0.25, 0.3) is 0 Å². The van der Waals surface area contributed by atoms with E-state index in [1.54, 1.807) is 18.0 Å². The Hall–Kier alpha value is -2.60. The Morgan fingerprint density at radius 3 is 2.58 bits per heavy atom. The highest BCUT2D eigenvalue weighted by molar-refractivity contribution is 7.99. The van der Waals surface area contributed by atoms with Gasteiger partial charge in [0.2, 0.25) is 0 Å². The van der Waals surface area contributed by atoms with Crippen LogP contribution in [0, 0.1) is 0 Å². The summed E-state index contributed by atoms with van der Waals surface area (Å²) in [6.45, 7) is 6.10. The number of rotatable bonds is 6. The number of carbonyl (C=O) groups is 1. The first kappa shape index (κ1) is 18.2. The highest BCUT2D eigenvalue weighted by Gasteiger charge is 2.22. The quantitative estimate of drug-likeness (QED) is 0.599. The van der Waals surface area contributed by atoms with Crippen LogP contribution in [0.2, 0.25) is 0 Å². The Kier molecular flexibility index (Phi) is 5.73. The first-order valence-electron chi connectivity index (χ1n) is 8.45. The maximum atomic E-state index is 11.6. The molecule has 0 unspecified atom stereocenters. The number of pyridine rings is 1. The van der Waals surface area contributed by atoms with Crippen molar-refractivity contribution in [1.82, 2.24) is 14.5 Å². The van der Waals surface area contributed by atoms with E-state index in [1.165, 1.54) is 6.92 Å². The molecule has 0 saturated heterocycles. The number of ether oxygens (including phenoxy) is 1. The molecule has 26 heavy (non-hydrogen) atoms. The lowest BCUT2D eigenvalue weighted by molar-refractivity contribution is -0.132. The topological polar surface area (TPSA) is 57.0 Å². The van der Waals surface area contributed by atoms with Crippen LogP contribution >= 0.6 is 11.8 Å². The molecule has 0 N–H and O–H groups in total. The minimum absolute atomic E-state index is 0.200. The van der Waals surface area contributed by atoms with Crippen molar-refractivity contribution in [2.75, 3.05) is 0 Å². The molecule has 0 spiro atoms. The number of carbonyl (C=O) groups excluding carboxylic acids is 1. The fourth-order valence-corrected chi connectivity index (χ4v) is 3.70. The standard InChI is InChI=1S/C20H21N3O2S/c1-14(2)18-19(26-17-9-5-4-6-10-17)23(20(22-18)25-15(3)24)13-16-8-7-11-21-12-16/h4-12,14H,13H2,1-3H3. The summed E-state index contributed by atoms with van der Waals surface area (Å²) < 4.78 is 7.36. The van der Waals surface area contributed by atoms with Gasteiger partial charge in [0, 0.05) is 24.2 Å². The van der Waals surface area contributed by atoms with Gasteiger partial charge in [-0.1, -0.05) is 49.9 Å². The van der Waals surface area contributed by atoms with Crippen LogP contribution in [-0.2, 0) is 11.3 Å². The molecule has 0 amide bonds. The minimum Gasteiger partial charge on any atom is -0.392 e. The Morgan fingerprint density at radius 2 is 1.96 bits per heavy atom. The maximum Gasteiger partial charge on any atom is 0.310 e. The zero-order valence-electron chi connectivity index (χ0n) is 15.0. The second kappa shape index (κ2) is 8.19. The second-order valence-corrected chi connectivity index (χ2v) is 7.26. The first-order chi connectivity index (χ1) is 12.5. The van der Waals surface area contributed by atoms with Crippen LogP contribution in [0.15, 0.2) is 64.8 Å². The van der Waals surface area contributed by atoms with E-state index >= 15 is 0 Å². The van der Waals surface area contributed by atoms with Crippen molar-refractivity contribution < 1.29 is 9.53 Å². The Morgan fingerprint density at radius 1 is 1.19 bits per heavy atom. The number of nitrogens with zero attached hydrogens (tertiary/aromatic N) is 3. The average Bonchev–Trinajstić information content (AvgIpc) is 2.94. The molecule has 3 aromatic rings. The molecule has 2 aromatic heterocycles. The van der Waals surface area contributed by atoms with E-state index in [1.807, 2.05) is 41.1 Å². The van der Waals surface area contributed by atoms with Crippen molar-refractivity contribution in [3.8, 4) is 6.01 Å². The van der Waals surface area contributed by atoms with Crippen LogP contribution in [-0.4, -0.2) is 20.5 Å². The van der Waals surface area contributed by atoms with Crippen LogP contribution in [0.3, 0.4) is 0 Å². The number of benzene rings is 1. The lowest BCUT2D eigenvalue weighted by Gasteiger charge is -2.12. The number of hydrogen-bond donors (Lipinski definition) is 0. The third-order valence-corrected chi connectivity index (χ3v) is 4.85. The molecule has 0 aliphatic rings. The summed E-state index contributed by atoms with van der Waals surface area (Å²) in [7, 11) is 0. The Labute approximate surface area is 157 Å². The van der Waals surface area contributed by atoms with E-state index < -0.39 is 0 Å². The molecule has 0 radical (unpaired) electrons. The van der Waals surface area contributed by atoms with E-state index in [2.05, 4.69) is 35.9 Å². The van der Waals surface area contributed by atoms with Crippen molar-refractivity contribution in [1.29, 1.82) is 0 Å². The molecule has 0 fully saturated rings. The second-order valence-electron chi connectivity index (χ2n) is 6.20. The summed E-state index contributed by atoms with van der Waals surface area (Å²) in [5.74, 6) is -0.181. The van der Waals surface area contributed by atoms with E-state index in [0.717, 1.165) is 21.2 Å². The van der Waals surface area contributed by atoms with Gasteiger partial charge in [0.15, 0.2) is 0 Å². The molecule has 2 heterocycles. The van der Waals surface area contributed by atoms with Gasteiger partial charge in [0.25, 0.3) is 0 Å². The molecule has 3 rings (SSSR count). The molecule has 0 atom stereocenters. The summed E-state index contributed by atoms with van der Waals surface area (Å²) >= 11 is 1.63. The van der Waals surface area contributed by atoms with Crippen LogP contribution in [0.1, 0.15) is 37.9 Å². The van der Waals surface area contributed by atoms with Crippen LogP contribution < -0.4 is 4.74 Å². The van der Waals surface area contributed by atoms with E-state index in [9.17, 15) is 4.79 Å². The van der Waals surface area contributed by atoms with Crippen molar-refractivity contribution in [3.05, 3.63) is 66.1 Å². The average molecular weight is 367 g/mol. The molecule has 0 bridgehead atoms. The van der Waals surface area contributed by atoms with Gasteiger partial charge >= 0.3 is 12.0 Å². The molecule has 5 nitrogen and oxygen atoms in total. The maximum absolute atomic E-state index is 11.6. The van der Waals surface area contributed by atoms with Gasteiger partial charge in [0.1, 0.15) is 5.03 Å². The fourth-order valence-electron chi connectivity index (χ4n) is 2.54. The normalized spacial score (nSPS) is 10.9. The molecule has 0 aliphatic carbocycles. The smallest absolute Gasteiger partial charge is 0.310 e. The molecule has 1 aromatic carbocycles. The van der Waals surface area contributed by atoms with Gasteiger partial charge in [-0.2, -0.15) is 4.98 Å². The van der Waals surface area contributed by atoms with Crippen LogP contribution in [0.4, 0.5) is 0 Å². The van der Waals surface area contributed by atoms with Gasteiger partial charge in [-0.25, -0.2) is 0 Å². The van der Waals surface area contributed by atoms with Crippen molar-refractivity contribution in [3.63, 3.8) is 0 Å². The number of hydrogen-bond acceptors (Lipinski definition) is 5. The molecule has 0 aliphatic heterocycles. The molecule has 0 saturated carbocycles. The Bertz CT molecular complexity index is 877. The van der Waals surface area contributed by atoms with Crippen molar-refractivity contribution in [2.24, 2.45) is 0 Å². The van der Waals surface area contributed by atoms with E-state index in [0.29, 0.717) is 12.6 Å². The summed E-state index contributed by atoms with van der Waals surface area (Å²) in [5, 5.41) is 0.978. The summed E-state index contributed by atoms with van der Waals surface area (Å²) in [4.78, 5) is 21.5. The lowest BCUT2D eigenvalue weighted by atomic mass is 10.1. The predicted octanol–water partition coefficient (Wildman–Crippen LogP) is 4.53. The summed E-state index contributed by atoms with van der Waals surface area (Å²) in [6, 6.07) is 14.3. The summed E-state index contributed by atoms with van der Waals surface area (Å²) in [6.07, 6.45) is 3.55. The zero-order valence-corrected chi connectivity index (χ0v) is 15.9. The highest BCUT2D eigenvalue weighted by atomic mass is 32.2. The first-order valence-corrected chi connectivity index (χ1v) is 9.27. The van der Waals surface area contributed by atoms with Crippen molar-refractivity contribution >= 4 is 17.7 Å². The lowest BCUT2D eigenvalue weighted by Crippen LogP contribution is -2.10. The number of imidazole rings is 1. The van der Waals surface area contributed by atoms with Gasteiger partial charge in [-0.3, -0.25) is 14.3 Å².